The van der Waals surface area contributed by atoms with E-state index in [1.165, 1.54) is 0 Å². The summed E-state index contributed by atoms with van der Waals surface area (Å²) < 4.78 is 13.0. The number of hydrogen-bond acceptors (Lipinski definition) is 3. The summed E-state index contributed by atoms with van der Waals surface area (Å²) in [5.74, 6) is 1.01. The average molecular weight is 339 g/mol. The minimum atomic E-state index is -0.207. The highest BCUT2D eigenvalue weighted by Crippen LogP contribution is 2.29. The summed E-state index contributed by atoms with van der Waals surface area (Å²) in [7, 11) is 4.93. The molecule has 0 spiro atoms. The molecule has 106 valence electrons. The van der Waals surface area contributed by atoms with Gasteiger partial charge in [-0.1, -0.05) is 0 Å². The molecule has 0 saturated heterocycles. The van der Waals surface area contributed by atoms with Crippen molar-refractivity contribution in [2.75, 3.05) is 19.5 Å². The molecule has 1 N–H and O–H groups in total. The van der Waals surface area contributed by atoms with Crippen LogP contribution in [0.15, 0.2) is 34.9 Å². The molecule has 1 aromatic heterocycles. The van der Waals surface area contributed by atoms with Crippen molar-refractivity contribution in [3.05, 3.63) is 40.6 Å². The van der Waals surface area contributed by atoms with E-state index in [2.05, 4.69) is 21.2 Å². The van der Waals surface area contributed by atoms with Crippen molar-refractivity contribution in [3.8, 4) is 11.5 Å². The standard InChI is InChI=1S/C14H15BrN2O3/c1-17-8-9(15)6-12(17)14(18)16-11-5-4-10(19-2)7-13(11)20-3/h4-8H,1-3H3,(H,16,18). The Morgan fingerprint density at radius 2 is 2.00 bits per heavy atom. The summed E-state index contributed by atoms with van der Waals surface area (Å²) in [6.07, 6.45) is 1.82. The van der Waals surface area contributed by atoms with Gasteiger partial charge in [0.1, 0.15) is 17.2 Å². The van der Waals surface area contributed by atoms with Crippen molar-refractivity contribution in [2.24, 2.45) is 7.05 Å². The molecule has 0 aliphatic carbocycles. The van der Waals surface area contributed by atoms with Crippen molar-refractivity contribution in [3.63, 3.8) is 0 Å². The fraction of sp³-hybridized carbons (Fsp3) is 0.214. The van der Waals surface area contributed by atoms with E-state index in [1.807, 2.05) is 13.2 Å². The number of hydrogen-bond donors (Lipinski definition) is 1. The molecular weight excluding hydrogens is 324 g/mol. The van der Waals surface area contributed by atoms with Gasteiger partial charge < -0.3 is 19.4 Å². The van der Waals surface area contributed by atoms with Gasteiger partial charge in [-0.3, -0.25) is 4.79 Å². The molecule has 0 radical (unpaired) electrons. The van der Waals surface area contributed by atoms with E-state index in [9.17, 15) is 4.79 Å². The second-order valence-electron chi connectivity index (χ2n) is 4.17. The number of carbonyl (C=O) groups is 1. The highest BCUT2D eigenvalue weighted by molar-refractivity contribution is 9.10. The molecule has 0 atom stereocenters. The summed E-state index contributed by atoms with van der Waals surface area (Å²) in [5.41, 5.74) is 1.14. The lowest BCUT2D eigenvalue weighted by Gasteiger charge is -2.11. The van der Waals surface area contributed by atoms with Gasteiger partial charge in [0, 0.05) is 23.8 Å². The number of carbonyl (C=O) groups excluding carboxylic acids is 1. The third-order valence-electron chi connectivity index (χ3n) is 2.86. The number of benzene rings is 1. The van der Waals surface area contributed by atoms with Crippen LogP contribution in [-0.2, 0) is 7.05 Å². The fourth-order valence-corrected chi connectivity index (χ4v) is 2.36. The molecule has 0 unspecified atom stereocenters. The normalized spacial score (nSPS) is 10.2. The number of aryl methyl sites for hydroxylation is 1. The van der Waals surface area contributed by atoms with Gasteiger partial charge in [-0.2, -0.15) is 0 Å². The average Bonchev–Trinajstić information content (AvgIpc) is 2.78. The maximum absolute atomic E-state index is 12.2. The first kappa shape index (κ1) is 14.5. The van der Waals surface area contributed by atoms with Gasteiger partial charge in [0.15, 0.2) is 0 Å². The van der Waals surface area contributed by atoms with Crippen molar-refractivity contribution in [1.82, 2.24) is 4.57 Å². The van der Waals surface area contributed by atoms with E-state index < -0.39 is 0 Å². The molecule has 0 saturated carbocycles. The molecular formula is C14H15BrN2O3. The predicted octanol–water partition coefficient (Wildman–Crippen LogP) is 3.06. The third-order valence-corrected chi connectivity index (χ3v) is 3.29. The Morgan fingerprint density at radius 1 is 1.25 bits per heavy atom. The Balaban J connectivity index is 2.25. The van der Waals surface area contributed by atoms with Gasteiger partial charge >= 0.3 is 0 Å². The van der Waals surface area contributed by atoms with Crippen molar-refractivity contribution < 1.29 is 14.3 Å². The fourth-order valence-electron chi connectivity index (χ4n) is 1.84. The molecule has 0 fully saturated rings. The first-order valence-electron chi connectivity index (χ1n) is 5.90. The lowest BCUT2D eigenvalue weighted by molar-refractivity contribution is 0.101. The Bertz CT molecular complexity index is 637. The van der Waals surface area contributed by atoms with Gasteiger partial charge in [-0.05, 0) is 34.1 Å². The number of halogens is 1. The summed E-state index contributed by atoms with van der Waals surface area (Å²) in [6, 6.07) is 6.98. The zero-order valence-corrected chi connectivity index (χ0v) is 13.0. The Morgan fingerprint density at radius 3 is 2.55 bits per heavy atom. The van der Waals surface area contributed by atoms with Crippen LogP contribution in [-0.4, -0.2) is 24.7 Å². The van der Waals surface area contributed by atoms with Gasteiger partial charge in [-0.25, -0.2) is 0 Å². The summed E-state index contributed by atoms with van der Waals surface area (Å²) >= 11 is 3.34. The molecule has 0 aliphatic heterocycles. The predicted molar refractivity (Wildman–Crippen MR) is 80.6 cm³/mol. The minimum absolute atomic E-state index is 0.207. The number of amides is 1. The number of rotatable bonds is 4. The summed E-state index contributed by atoms with van der Waals surface area (Å²) in [6.45, 7) is 0. The van der Waals surface area contributed by atoms with E-state index in [1.54, 1.807) is 43.1 Å². The minimum Gasteiger partial charge on any atom is -0.497 e. The molecule has 5 nitrogen and oxygen atoms in total. The van der Waals surface area contributed by atoms with Crippen LogP contribution in [0.4, 0.5) is 5.69 Å². The van der Waals surface area contributed by atoms with Crippen LogP contribution < -0.4 is 14.8 Å². The molecule has 2 aromatic rings. The van der Waals surface area contributed by atoms with E-state index >= 15 is 0 Å². The smallest absolute Gasteiger partial charge is 0.272 e. The Kier molecular flexibility index (Phi) is 4.34. The first-order chi connectivity index (χ1) is 9.55. The molecule has 6 heteroatoms. The lowest BCUT2D eigenvalue weighted by atomic mass is 10.2. The van der Waals surface area contributed by atoms with E-state index in [4.69, 9.17) is 9.47 Å². The van der Waals surface area contributed by atoms with Crippen molar-refractivity contribution in [1.29, 1.82) is 0 Å². The summed E-state index contributed by atoms with van der Waals surface area (Å²) in [5, 5.41) is 2.82. The van der Waals surface area contributed by atoms with Gasteiger partial charge in [0.25, 0.3) is 5.91 Å². The molecule has 1 amide bonds. The van der Waals surface area contributed by atoms with E-state index in [0.29, 0.717) is 22.9 Å². The number of methoxy groups -OCH3 is 2. The van der Waals surface area contributed by atoms with Gasteiger partial charge in [0.05, 0.1) is 19.9 Å². The summed E-state index contributed by atoms with van der Waals surface area (Å²) in [4.78, 5) is 12.2. The zero-order valence-electron chi connectivity index (χ0n) is 11.4. The number of ether oxygens (including phenoxy) is 2. The second kappa shape index (κ2) is 6.00. The zero-order chi connectivity index (χ0) is 14.7. The Hall–Kier alpha value is -1.95. The Labute approximate surface area is 125 Å². The van der Waals surface area contributed by atoms with Crippen LogP contribution in [0.25, 0.3) is 0 Å². The van der Waals surface area contributed by atoms with Gasteiger partial charge in [-0.15, -0.1) is 0 Å². The third kappa shape index (κ3) is 2.96. The van der Waals surface area contributed by atoms with Gasteiger partial charge in [0.2, 0.25) is 0 Å². The molecule has 1 heterocycles. The monoisotopic (exact) mass is 338 g/mol. The second-order valence-corrected chi connectivity index (χ2v) is 5.09. The van der Waals surface area contributed by atoms with Crippen molar-refractivity contribution in [2.45, 2.75) is 0 Å². The lowest BCUT2D eigenvalue weighted by Crippen LogP contribution is -2.15. The van der Waals surface area contributed by atoms with E-state index in [0.717, 1.165) is 4.47 Å². The number of aromatic nitrogens is 1. The number of nitrogens with zero attached hydrogens (tertiary/aromatic N) is 1. The molecule has 0 aliphatic rings. The highest BCUT2D eigenvalue weighted by Gasteiger charge is 2.14. The number of nitrogens with one attached hydrogen (secondary N) is 1. The number of anilines is 1. The highest BCUT2D eigenvalue weighted by atomic mass is 79.9. The molecule has 2 rings (SSSR count). The maximum Gasteiger partial charge on any atom is 0.272 e. The maximum atomic E-state index is 12.2. The molecule has 20 heavy (non-hydrogen) atoms. The van der Waals surface area contributed by atoms with Crippen LogP contribution >= 0.6 is 15.9 Å². The van der Waals surface area contributed by atoms with Crippen LogP contribution in [0.5, 0.6) is 11.5 Å². The van der Waals surface area contributed by atoms with Crippen molar-refractivity contribution >= 4 is 27.5 Å². The first-order valence-corrected chi connectivity index (χ1v) is 6.69. The molecule has 0 bridgehead atoms. The van der Waals surface area contributed by atoms with Crippen LogP contribution in [0, 0.1) is 0 Å². The quantitative estimate of drug-likeness (QED) is 0.932. The largest absolute Gasteiger partial charge is 0.497 e. The van der Waals surface area contributed by atoms with Crippen LogP contribution in [0.2, 0.25) is 0 Å². The molecule has 1 aromatic carbocycles. The topological polar surface area (TPSA) is 52.5 Å². The SMILES string of the molecule is COc1ccc(NC(=O)c2cc(Br)cn2C)c(OC)c1. The van der Waals surface area contributed by atoms with E-state index in [-0.39, 0.29) is 5.91 Å². The van der Waals surface area contributed by atoms with Crippen LogP contribution in [0.3, 0.4) is 0 Å². The van der Waals surface area contributed by atoms with Crippen LogP contribution in [0.1, 0.15) is 10.5 Å².